The van der Waals surface area contributed by atoms with E-state index in [0.29, 0.717) is 22.9 Å². The van der Waals surface area contributed by atoms with E-state index in [4.69, 9.17) is 4.74 Å². The van der Waals surface area contributed by atoms with E-state index >= 15 is 0 Å². The van der Waals surface area contributed by atoms with Gasteiger partial charge in [0.1, 0.15) is 11.5 Å². The maximum Gasteiger partial charge on any atom is 0.326 e. The minimum absolute atomic E-state index is 0.0706. The van der Waals surface area contributed by atoms with Gasteiger partial charge in [0.2, 0.25) is 5.91 Å². The summed E-state index contributed by atoms with van der Waals surface area (Å²) in [7, 11) is 0. The second-order valence-electron chi connectivity index (χ2n) is 8.80. The predicted octanol–water partition coefficient (Wildman–Crippen LogP) is 5.59. The number of benzene rings is 3. The first-order valence-electron chi connectivity index (χ1n) is 11.1. The van der Waals surface area contributed by atoms with Crippen LogP contribution in [0.3, 0.4) is 0 Å². The lowest BCUT2D eigenvalue weighted by Gasteiger charge is -2.25. The molecule has 3 aromatic rings. The first-order chi connectivity index (χ1) is 16.6. The average Bonchev–Trinajstić information content (AvgIpc) is 2.82. The molecule has 0 aliphatic carbocycles. The molecule has 9 nitrogen and oxygen atoms in total. The minimum Gasteiger partial charge on any atom is -0.457 e. The van der Waals surface area contributed by atoms with Gasteiger partial charge in [-0.25, -0.2) is 4.79 Å². The summed E-state index contributed by atoms with van der Waals surface area (Å²) in [5, 5.41) is 16.5. The maximum absolute atomic E-state index is 13.1. The van der Waals surface area contributed by atoms with Gasteiger partial charge in [-0.3, -0.25) is 19.8 Å². The van der Waals surface area contributed by atoms with E-state index in [1.807, 2.05) is 51.1 Å². The Kier molecular flexibility index (Phi) is 8.04. The molecule has 3 rings (SSSR count). The van der Waals surface area contributed by atoms with Crippen molar-refractivity contribution < 1.29 is 19.2 Å². The van der Waals surface area contributed by atoms with Gasteiger partial charge in [-0.15, -0.1) is 0 Å². The number of ether oxygens (including phenoxy) is 1. The van der Waals surface area contributed by atoms with Crippen LogP contribution in [0, 0.1) is 15.5 Å². The molecule has 3 amide bonds. The first kappa shape index (κ1) is 25.2. The first-order valence-corrected chi connectivity index (χ1v) is 11.1. The van der Waals surface area contributed by atoms with Gasteiger partial charge >= 0.3 is 6.03 Å². The number of anilines is 2. The van der Waals surface area contributed by atoms with Gasteiger partial charge in [0.25, 0.3) is 5.69 Å². The summed E-state index contributed by atoms with van der Waals surface area (Å²) in [6, 6.07) is 21.5. The molecule has 0 aromatic heterocycles. The number of nitrogens with one attached hydrogen (secondary N) is 2. The van der Waals surface area contributed by atoms with Crippen molar-refractivity contribution in [3.63, 3.8) is 0 Å². The fraction of sp³-hybridized carbons (Fsp3) is 0.231. The highest BCUT2D eigenvalue weighted by Gasteiger charge is 2.22. The normalized spacial score (nSPS) is 10.8. The summed E-state index contributed by atoms with van der Waals surface area (Å²) in [4.78, 5) is 37.2. The van der Waals surface area contributed by atoms with Crippen molar-refractivity contribution in [1.29, 1.82) is 0 Å². The number of carbonyl (C=O) groups is 2. The Hall–Kier alpha value is -4.40. The molecular formula is C26H28N4O5. The van der Waals surface area contributed by atoms with Crippen LogP contribution in [0.1, 0.15) is 20.8 Å². The van der Waals surface area contributed by atoms with Crippen LogP contribution in [0.2, 0.25) is 0 Å². The number of nitro groups is 1. The Labute approximate surface area is 203 Å². The molecule has 0 saturated carbocycles. The Balaban J connectivity index is 1.75. The zero-order valence-corrected chi connectivity index (χ0v) is 19.9. The van der Waals surface area contributed by atoms with Crippen LogP contribution in [0.25, 0.3) is 0 Å². The van der Waals surface area contributed by atoms with Gasteiger partial charge in [0.05, 0.1) is 4.92 Å². The molecular weight excluding hydrogens is 448 g/mol. The van der Waals surface area contributed by atoms with Crippen molar-refractivity contribution in [2.24, 2.45) is 5.41 Å². The standard InChI is InChI=1S/C26H28N4O5/c1-26(2,3)24(31)27-17-18-29(25(32)28-19-9-11-21(12-10-19)30(33)34)20-13-15-23(16-14-20)35-22-7-5-4-6-8-22/h4-16H,17-18H2,1-3H3,(H,27,31)(H,28,32). The summed E-state index contributed by atoms with van der Waals surface area (Å²) in [6.07, 6.45) is 0. The molecule has 3 aromatic carbocycles. The summed E-state index contributed by atoms with van der Waals surface area (Å²) in [6.45, 7) is 5.89. The van der Waals surface area contributed by atoms with Crippen LogP contribution in [-0.4, -0.2) is 30.0 Å². The van der Waals surface area contributed by atoms with E-state index in [0.717, 1.165) is 0 Å². The van der Waals surface area contributed by atoms with Gasteiger partial charge in [0, 0.05) is 42.0 Å². The van der Waals surface area contributed by atoms with Crippen LogP contribution in [0.4, 0.5) is 21.9 Å². The van der Waals surface area contributed by atoms with Crippen LogP contribution in [-0.2, 0) is 4.79 Å². The zero-order valence-electron chi connectivity index (χ0n) is 19.9. The summed E-state index contributed by atoms with van der Waals surface area (Å²) in [5.41, 5.74) is 0.379. The molecule has 0 radical (unpaired) electrons. The van der Waals surface area contributed by atoms with Gasteiger partial charge in [-0.2, -0.15) is 0 Å². The second kappa shape index (κ2) is 11.1. The van der Waals surface area contributed by atoms with E-state index in [2.05, 4.69) is 10.6 Å². The molecule has 0 aliphatic heterocycles. The highest BCUT2D eigenvalue weighted by Crippen LogP contribution is 2.25. The van der Waals surface area contributed by atoms with Crippen molar-refractivity contribution in [3.8, 4) is 11.5 Å². The number of hydrogen-bond donors (Lipinski definition) is 2. The molecule has 0 saturated heterocycles. The highest BCUT2D eigenvalue weighted by atomic mass is 16.6. The topological polar surface area (TPSA) is 114 Å². The van der Waals surface area contributed by atoms with Gasteiger partial charge in [0.15, 0.2) is 0 Å². The Bertz CT molecular complexity index is 1160. The lowest BCUT2D eigenvalue weighted by molar-refractivity contribution is -0.384. The number of urea groups is 1. The molecule has 0 bridgehead atoms. The molecule has 182 valence electrons. The minimum atomic E-state index is -0.553. The molecule has 9 heteroatoms. The van der Waals surface area contributed by atoms with Gasteiger partial charge in [-0.1, -0.05) is 39.0 Å². The fourth-order valence-corrected chi connectivity index (χ4v) is 3.07. The molecule has 2 N–H and O–H groups in total. The number of para-hydroxylation sites is 1. The van der Waals surface area contributed by atoms with Crippen molar-refractivity contribution >= 4 is 29.0 Å². The third-order valence-corrected chi connectivity index (χ3v) is 5.00. The van der Waals surface area contributed by atoms with E-state index < -0.39 is 16.4 Å². The Morgan fingerprint density at radius 3 is 2.09 bits per heavy atom. The van der Waals surface area contributed by atoms with Crippen molar-refractivity contribution in [1.82, 2.24) is 5.32 Å². The molecule has 0 atom stereocenters. The second-order valence-corrected chi connectivity index (χ2v) is 8.80. The monoisotopic (exact) mass is 476 g/mol. The third kappa shape index (κ3) is 7.29. The largest absolute Gasteiger partial charge is 0.457 e. The Morgan fingerprint density at radius 2 is 1.51 bits per heavy atom. The number of hydrogen-bond acceptors (Lipinski definition) is 5. The van der Waals surface area contributed by atoms with E-state index in [1.54, 1.807) is 24.3 Å². The van der Waals surface area contributed by atoms with E-state index in [-0.39, 0.29) is 24.7 Å². The third-order valence-electron chi connectivity index (χ3n) is 5.00. The number of amides is 3. The molecule has 0 aliphatic rings. The SMILES string of the molecule is CC(C)(C)C(=O)NCCN(C(=O)Nc1ccc([N+](=O)[O-])cc1)c1ccc(Oc2ccccc2)cc1. The van der Waals surface area contributed by atoms with E-state index in [9.17, 15) is 19.7 Å². The van der Waals surface area contributed by atoms with Crippen molar-refractivity contribution in [2.75, 3.05) is 23.3 Å². The van der Waals surface area contributed by atoms with Crippen LogP contribution < -0.4 is 20.3 Å². The van der Waals surface area contributed by atoms with Gasteiger partial charge < -0.3 is 15.4 Å². The highest BCUT2D eigenvalue weighted by molar-refractivity contribution is 6.01. The number of nitro benzene ring substituents is 1. The number of rotatable bonds is 8. The molecule has 0 unspecified atom stereocenters. The van der Waals surface area contributed by atoms with Crippen LogP contribution in [0.5, 0.6) is 11.5 Å². The summed E-state index contributed by atoms with van der Waals surface area (Å²) >= 11 is 0. The zero-order chi connectivity index (χ0) is 25.4. The summed E-state index contributed by atoms with van der Waals surface area (Å²) < 4.78 is 5.82. The van der Waals surface area contributed by atoms with Crippen LogP contribution >= 0.6 is 0 Å². The Morgan fingerprint density at radius 1 is 0.914 bits per heavy atom. The fourth-order valence-electron chi connectivity index (χ4n) is 3.07. The van der Waals surface area contributed by atoms with Crippen molar-refractivity contribution in [3.05, 3.63) is 89.0 Å². The van der Waals surface area contributed by atoms with E-state index in [1.165, 1.54) is 29.2 Å². The lowest BCUT2D eigenvalue weighted by atomic mass is 9.96. The smallest absolute Gasteiger partial charge is 0.326 e. The number of nitrogens with zero attached hydrogens (tertiary/aromatic N) is 2. The molecule has 0 heterocycles. The molecule has 0 fully saturated rings. The lowest BCUT2D eigenvalue weighted by Crippen LogP contribution is -2.43. The predicted molar refractivity (Wildman–Crippen MR) is 135 cm³/mol. The van der Waals surface area contributed by atoms with Crippen LogP contribution in [0.15, 0.2) is 78.9 Å². The average molecular weight is 477 g/mol. The van der Waals surface area contributed by atoms with Gasteiger partial charge in [-0.05, 0) is 48.5 Å². The maximum atomic E-state index is 13.1. The number of carbonyl (C=O) groups excluding carboxylic acids is 2. The molecule has 35 heavy (non-hydrogen) atoms. The summed E-state index contributed by atoms with van der Waals surface area (Å²) in [5.74, 6) is 1.18. The van der Waals surface area contributed by atoms with Crippen molar-refractivity contribution in [2.45, 2.75) is 20.8 Å². The quantitative estimate of drug-likeness (QED) is 0.325. The number of non-ortho nitro benzene ring substituents is 1. The molecule has 0 spiro atoms.